The topological polar surface area (TPSA) is 52.6 Å². The van der Waals surface area contributed by atoms with E-state index in [1.165, 1.54) is 6.07 Å². The number of amides is 1. The van der Waals surface area contributed by atoms with E-state index in [1.54, 1.807) is 27.0 Å². The first-order chi connectivity index (χ1) is 9.93. The van der Waals surface area contributed by atoms with E-state index in [0.717, 1.165) is 25.1 Å². The molecule has 0 radical (unpaired) electrons. The predicted molar refractivity (Wildman–Crippen MR) is 80.8 cm³/mol. The molecule has 5 heteroatoms. The largest absolute Gasteiger partial charge is 0.389 e. The maximum absolute atomic E-state index is 13.8. The molecule has 2 atom stereocenters. The number of rotatable bonds is 3. The van der Waals surface area contributed by atoms with Crippen LogP contribution in [0.25, 0.3) is 0 Å². The minimum atomic E-state index is -0.740. The molecule has 1 heterocycles. The van der Waals surface area contributed by atoms with Gasteiger partial charge in [0.2, 0.25) is 5.91 Å². The van der Waals surface area contributed by atoms with E-state index in [9.17, 15) is 14.3 Å². The normalized spacial score (nSPS) is 20.2. The molecular weight excluding hydrogens is 271 g/mol. The number of aryl methyl sites for hydroxylation is 1. The van der Waals surface area contributed by atoms with Gasteiger partial charge in [-0.15, -0.1) is 0 Å². The lowest BCUT2D eigenvalue weighted by Crippen LogP contribution is -2.42. The molecule has 1 fully saturated rings. The molecule has 2 unspecified atom stereocenters. The Bertz CT molecular complexity index is 531. The summed E-state index contributed by atoms with van der Waals surface area (Å²) < 4.78 is 13.8. The number of aliphatic hydroxyl groups excluding tert-OH is 1. The van der Waals surface area contributed by atoms with Gasteiger partial charge in [-0.05, 0) is 44.4 Å². The summed E-state index contributed by atoms with van der Waals surface area (Å²) in [4.78, 5) is 13.9. The fraction of sp³-hybridized carbons (Fsp3) is 0.562. The minimum absolute atomic E-state index is 0.0390. The van der Waals surface area contributed by atoms with Crippen molar-refractivity contribution in [3.8, 4) is 0 Å². The molecule has 2 N–H and O–H groups in total. The lowest BCUT2D eigenvalue weighted by molar-refractivity contribution is -0.124. The molecule has 1 amide bonds. The monoisotopic (exact) mass is 294 g/mol. The third-order valence-electron chi connectivity index (χ3n) is 4.14. The SMILES string of the molecule is CNC(=O)C1CCCN(c2cc(C)c(F)cc2C(C)O)C1. The summed E-state index contributed by atoms with van der Waals surface area (Å²) in [5, 5.41) is 12.6. The van der Waals surface area contributed by atoms with Gasteiger partial charge in [0.1, 0.15) is 5.82 Å². The number of carbonyl (C=O) groups is 1. The van der Waals surface area contributed by atoms with Crippen molar-refractivity contribution in [3.05, 3.63) is 29.1 Å². The molecule has 1 aromatic rings. The second-order valence-electron chi connectivity index (χ2n) is 5.74. The first kappa shape index (κ1) is 15.8. The van der Waals surface area contributed by atoms with E-state index in [-0.39, 0.29) is 17.6 Å². The highest BCUT2D eigenvalue weighted by molar-refractivity contribution is 5.79. The van der Waals surface area contributed by atoms with E-state index in [2.05, 4.69) is 10.2 Å². The van der Waals surface area contributed by atoms with Crippen LogP contribution in [0.1, 0.15) is 37.0 Å². The van der Waals surface area contributed by atoms with E-state index < -0.39 is 6.10 Å². The fourth-order valence-corrected chi connectivity index (χ4v) is 2.90. The summed E-state index contributed by atoms with van der Waals surface area (Å²) in [6.45, 7) is 4.77. The van der Waals surface area contributed by atoms with Crippen LogP contribution in [0.3, 0.4) is 0 Å². The zero-order valence-corrected chi connectivity index (χ0v) is 12.8. The van der Waals surface area contributed by atoms with Crippen molar-refractivity contribution in [2.24, 2.45) is 5.92 Å². The second kappa shape index (κ2) is 6.43. The van der Waals surface area contributed by atoms with Crippen molar-refractivity contribution in [1.82, 2.24) is 5.32 Å². The third-order valence-corrected chi connectivity index (χ3v) is 4.14. The zero-order valence-electron chi connectivity index (χ0n) is 12.8. The number of hydrogen-bond donors (Lipinski definition) is 2. The van der Waals surface area contributed by atoms with Crippen molar-refractivity contribution < 1.29 is 14.3 Å². The minimum Gasteiger partial charge on any atom is -0.389 e. The Morgan fingerprint density at radius 3 is 2.86 bits per heavy atom. The highest BCUT2D eigenvalue weighted by Gasteiger charge is 2.27. The zero-order chi connectivity index (χ0) is 15.6. The van der Waals surface area contributed by atoms with Gasteiger partial charge >= 0.3 is 0 Å². The highest BCUT2D eigenvalue weighted by atomic mass is 19.1. The van der Waals surface area contributed by atoms with Gasteiger partial charge in [0.15, 0.2) is 0 Å². The lowest BCUT2D eigenvalue weighted by atomic mass is 9.95. The van der Waals surface area contributed by atoms with Crippen molar-refractivity contribution in [3.63, 3.8) is 0 Å². The summed E-state index contributed by atoms with van der Waals surface area (Å²) in [5.41, 5.74) is 1.96. The maximum Gasteiger partial charge on any atom is 0.224 e. The third kappa shape index (κ3) is 3.35. The molecule has 0 spiro atoms. The molecule has 1 aliphatic heterocycles. The molecule has 0 aromatic heterocycles. The van der Waals surface area contributed by atoms with Gasteiger partial charge in [-0.3, -0.25) is 4.79 Å². The summed E-state index contributed by atoms with van der Waals surface area (Å²) in [7, 11) is 1.64. The van der Waals surface area contributed by atoms with Crippen LogP contribution >= 0.6 is 0 Å². The molecule has 1 aromatic carbocycles. The molecule has 1 aliphatic rings. The molecule has 4 nitrogen and oxygen atoms in total. The van der Waals surface area contributed by atoms with Crippen LogP contribution in [0, 0.1) is 18.7 Å². The molecular formula is C16H23FN2O2. The summed E-state index contributed by atoms with van der Waals surface area (Å²) >= 11 is 0. The number of nitrogens with one attached hydrogen (secondary N) is 1. The van der Waals surface area contributed by atoms with Crippen molar-refractivity contribution in [1.29, 1.82) is 0 Å². The number of aliphatic hydroxyl groups is 1. The quantitative estimate of drug-likeness (QED) is 0.898. The van der Waals surface area contributed by atoms with Gasteiger partial charge < -0.3 is 15.3 Å². The Kier molecular flexibility index (Phi) is 4.83. The lowest BCUT2D eigenvalue weighted by Gasteiger charge is -2.35. The Hall–Kier alpha value is -1.62. The van der Waals surface area contributed by atoms with Crippen LogP contribution in [0.4, 0.5) is 10.1 Å². The number of carbonyl (C=O) groups excluding carboxylic acids is 1. The van der Waals surface area contributed by atoms with Gasteiger partial charge in [-0.2, -0.15) is 0 Å². The summed E-state index contributed by atoms with van der Waals surface area (Å²) in [5.74, 6) is -0.331. The van der Waals surface area contributed by atoms with Crippen molar-refractivity contribution in [2.45, 2.75) is 32.8 Å². The number of piperidine rings is 1. The predicted octanol–water partition coefficient (Wildman–Crippen LogP) is 2.15. The van der Waals surface area contributed by atoms with E-state index in [1.807, 2.05) is 0 Å². The number of halogens is 1. The Morgan fingerprint density at radius 1 is 1.52 bits per heavy atom. The molecule has 0 aliphatic carbocycles. The van der Waals surface area contributed by atoms with Crippen LogP contribution in [-0.4, -0.2) is 31.2 Å². The fourth-order valence-electron chi connectivity index (χ4n) is 2.90. The number of benzene rings is 1. The average molecular weight is 294 g/mol. The average Bonchev–Trinajstić information content (AvgIpc) is 2.48. The maximum atomic E-state index is 13.8. The number of anilines is 1. The molecule has 116 valence electrons. The van der Waals surface area contributed by atoms with Crippen molar-refractivity contribution >= 4 is 11.6 Å². The first-order valence-corrected chi connectivity index (χ1v) is 7.38. The number of nitrogens with zero attached hydrogens (tertiary/aromatic N) is 1. The van der Waals surface area contributed by atoms with Crippen LogP contribution in [0.15, 0.2) is 12.1 Å². The molecule has 0 saturated carbocycles. The molecule has 0 bridgehead atoms. The Morgan fingerprint density at radius 2 is 2.24 bits per heavy atom. The van der Waals surface area contributed by atoms with Gasteiger partial charge in [-0.1, -0.05) is 0 Å². The van der Waals surface area contributed by atoms with Crippen LogP contribution in [-0.2, 0) is 4.79 Å². The van der Waals surface area contributed by atoms with Crippen molar-refractivity contribution in [2.75, 3.05) is 25.0 Å². The van der Waals surface area contributed by atoms with Crippen LogP contribution < -0.4 is 10.2 Å². The van der Waals surface area contributed by atoms with Crippen LogP contribution in [0.2, 0.25) is 0 Å². The molecule has 2 rings (SSSR count). The van der Waals surface area contributed by atoms with Gasteiger partial charge in [0.25, 0.3) is 0 Å². The van der Waals surface area contributed by atoms with E-state index in [4.69, 9.17) is 0 Å². The van der Waals surface area contributed by atoms with Crippen LogP contribution in [0.5, 0.6) is 0 Å². The smallest absolute Gasteiger partial charge is 0.224 e. The standard InChI is InChI=1S/C16H23FN2O2/c1-10-7-15(13(11(2)20)8-14(10)17)19-6-4-5-12(9-19)16(21)18-3/h7-8,11-12,20H,4-6,9H2,1-3H3,(H,18,21). The summed E-state index contributed by atoms with van der Waals surface area (Å²) in [6.07, 6.45) is 1.03. The van der Waals surface area contributed by atoms with Gasteiger partial charge in [0, 0.05) is 31.4 Å². The highest BCUT2D eigenvalue weighted by Crippen LogP contribution is 2.32. The van der Waals surface area contributed by atoms with Gasteiger partial charge in [-0.25, -0.2) is 4.39 Å². The number of hydrogen-bond acceptors (Lipinski definition) is 3. The Labute approximate surface area is 125 Å². The Balaban J connectivity index is 2.32. The van der Waals surface area contributed by atoms with Gasteiger partial charge in [0.05, 0.1) is 12.0 Å². The molecule has 1 saturated heterocycles. The molecule has 21 heavy (non-hydrogen) atoms. The van der Waals surface area contributed by atoms with E-state index >= 15 is 0 Å². The second-order valence-corrected chi connectivity index (χ2v) is 5.74. The van der Waals surface area contributed by atoms with E-state index in [0.29, 0.717) is 17.7 Å². The summed E-state index contributed by atoms with van der Waals surface area (Å²) in [6, 6.07) is 3.17. The first-order valence-electron chi connectivity index (χ1n) is 7.38.